The Hall–Kier alpha value is -1.03. The lowest BCUT2D eigenvalue weighted by atomic mass is 9.91. The van der Waals surface area contributed by atoms with Gasteiger partial charge in [0, 0.05) is 5.41 Å². The summed E-state index contributed by atoms with van der Waals surface area (Å²) < 4.78 is 41.2. The first-order valence-electron chi connectivity index (χ1n) is 9.67. The maximum absolute atomic E-state index is 12.1. The van der Waals surface area contributed by atoms with E-state index in [-0.39, 0.29) is 13.2 Å². The maximum atomic E-state index is 12.1. The second-order valence-electron chi connectivity index (χ2n) is 9.32. The lowest BCUT2D eigenvalue weighted by Gasteiger charge is -2.48. The van der Waals surface area contributed by atoms with Gasteiger partial charge in [0.05, 0.1) is 13.2 Å². The molecule has 1 unspecified atom stereocenters. The van der Waals surface area contributed by atoms with Crippen LogP contribution in [-0.2, 0) is 38.0 Å². The highest BCUT2D eigenvalue weighted by molar-refractivity contribution is 5.71. The van der Waals surface area contributed by atoms with Crippen molar-refractivity contribution in [1.82, 2.24) is 0 Å². The van der Waals surface area contributed by atoms with Crippen LogP contribution in [0.25, 0.3) is 0 Å². The summed E-state index contributed by atoms with van der Waals surface area (Å²) in [5, 5.41) is 0. The first-order valence-corrected chi connectivity index (χ1v) is 9.67. The lowest BCUT2D eigenvalue weighted by molar-refractivity contribution is -0.429. The number of carbonyl (C=O) groups excluding carboxylic acids is 1. The number of ether oxygens (including phenoxy) is 7. The van der Waals surface area contributed by atoms with Crippen molar-refractivity contribution in [2.24, 2.45) is 5.41 Å². The standard InChI is InChI=1S/C20H32O8/c1-8-9-22-10-12-14-15(23-11-13(21)25-19(5,6)7)16-17(24-12)28-20(26-14,27-16)18(2,3)4/h8,12,14-17H,1,9-11H2,2-7H3/t12-,14-,15+,16-,17-,20?/m1/s1. The minimum atomic E-state index is -1.23. The average Bonchev–Trinajstić information content (AvgIpc) is 2.77. The Labute approximate surface area is 166 Å². The van der Waals surface area contributed by atoms with Gasteiger partial charge >= 0.3 is 5.97 Å². The molecular formula is C20H32O8. The Morgan fingerprint density at radius 2 is 1.79 bits per heavy atom. The fourth-order valence-electron chi connectivity index (χ4n) is 3.49. The molecular weight excluding hydrogens is 368 g/mol. The van der Waals surface area contributed by atoms with Crippen LogP contribution in [0, 0.1) is 5.41 Å². The van der Waals surface area contributed by atoms with Gasteiger partial charge in [-0.2, -0.15) is 0 Å². The first kappa shape index (κ1) is 21.7. The van der Waals surface area contributed by atoms with Crippen LogP contribution >= 0.6 is 0 Å². The molecule has 0 aromatic rings. The smallest absolute Gasteiger partial charge is 0.332 e. The summed E-state index contributed by atoms with van der Waals surface area (Å²) >= 11 is 0. The summed E-state index contributed by atoms with van der Waals surface area (Å²) in [5.41, 5.74) is -1.03. The normalized spacial score (nSPS) is 37.1. The predicted octanol–water partition coefficient (Wildman–Crippen LogP) is 2.15. The first-order chi connectivity index (χ1) is 13.0. The van der Waals surface area contributed by atoms with Crippen molar-refractivity contribution in [2.45, 2.75) is 83.8 Å². The highest BCUT2D eigenvalue weighted by Gasteiger charge is 2.69. The molecule has 0 radical (unpaired) electrons. The van der Waals surface area contributed by atoms with Gasteiger partial charge in [-0.15, -0.1) is 6.58 Å². The summed E-state index contributed by atoms with van der Waals surface area (Å²) in [4.78, 5) is 12.1. The number of hydrogen-bond donors (Lipinski definition) is 0. The number of carbonyl (C=O) groups is 1. The molecule has 0 amide bonds. The molecule has 8 nitrogen and oxygen atoms in total. The average molecular weight is 400 g/mol. The molecule has 3 aliphatic rings. The van der Waals surface area contributed by atoms with Gasteiger partial charge in [0.25, 0.3) is 5.97 Å². The number of esters is 1. The van der Waals surface area contributed by atoms with Crippen LogP contribution < -0.4 is 0 Å². The van der Waals surface area contributed by atoms with Gasteiger partial charge in [-0.05, 0) is 20.8 Å². The van der Waals surface area contributed by atoms with Crippen molar-refractivity contribution >= 4 is 5.97 Å². The number of fused-ring (bicyclic) bond motifs is 2. The monoisotopic (exact) mass is 400 g/mol. The van der Waals surface area contributed by atoms with Crippen LogP contribution in [0.1, 0.15) is 41.5 Å². The zero-order chi connectivity index (χ0) is 20.7. The van der Waals surface area contributed by atoms with Crippen LogP contribution in [0.15, 0.2) is 12.7 Å². The van der Waals surface area contributed by atoms with E-state index >= 15 is 0 Å². The number of hydrogen-bond acceptors (Lipinski definition) is 8. The molecule has 28 heavy (non-hydrogen) atoms. The molecule has 3 heterocycles. The highest BCUT2D eigenvalue weighted by Crippen LogP contribution is 2.53. The van der Waals surface area contributed by atoms with E-state index in [0.29, 0.717) is 6.61 Å². The van der Waals surface area contributed by atoms with E-state index < -0.39 is 53.7 Å². The van der Waals surface area contributed by atoms with Gasteiger partial charge in [0.15, 0.2) is 6.29 Å². The van der Waals surface area contributed by atoms with Crippen molar-refractivity contribution in [3.63, 3.8) is 0 Å². The third kappa shape index (κ3) is 4.27. The van der Waals surface area contributed by atoms with Crippen LogP contribution in [0.4, 0.5) is 0 Å². The molecule has 0 aromatic carbocycles. The van der Waals surface area contributed by atoms with E-state index in [0.717, 1.165) is 0 Å². The second-order valence-corrected chi connectivity index (χ2v) is 9.32. The van der Waals surface area contributed by atoms with Crippen LogP contribution in [0.2, 0.25) is 0 Å². The van der Waals surface area contributed by atoms with Crippen molar-refractivity contribution < 1.29 is 38.0 Å². The highest BCUT2D eigenvalue weighted by atomic mass is 17.0. The Morgan fingerprint density at radius 3 is 2.39 bits per heavy atom. The zero-order valence-corrected chi connectivity index (χ0v) is 17.6. The third-order valence-corrected chi connectivity index (χ3v) is 4.70. The molecule has 0 aromatic heterocycles. The van der Waals surface area contributed by atoms with Crippen LogP contribution in [-0.4, -0.2) is 68.1 Å². The molecule has 0 spiro atoms. The van der Waals surface area contributed by atoms with Gasteiger partial charge in [-0.3, -0.25) is 4.74 Å². The lowest BCUT2D eigenvalue weighted by Crippen LogP contribution is -2.65. The molecule has 0 aliphatic carbocycles. The van der Waals surface area contributed by atoms with Gasteiger partial charge in [-0.25, -0.2) is 4.79 Å². The van der Waals surface area contributed by atoms with Gasteiger partial charge in [0.2, 0.25) is 0 Å². The Balaban J connectivity index is 1.74. The van der Waals surface area contributed by atoms with Crippen LogP contribution in [0.3, 0.4) is 0 Å². The van der Waals surface area contributed by atoms with Crippen molar-refractivity contribution in [1.29, 1.82) is 0 Å². The third-order valence-electron chi connectivity index (χ3n) is 4.70. The topological polar surface area (TPSA) is 81.7 Å². The summed E-state index contributed by atoms with van der Waals surface area (Å²) in [7, 11) is 0. The molecule has 0 saturated carbocycles. The van der Waals surface area contributed by atoms with E-state index in [9.17, 15) is 4.79 Å². The summed E-state index contributed by atoms with van der Waals surface area (Å²) in [5.74, 6) is -1.68. The Morgan fingerprint density at radius 1 is 1.11 bits per heavy atom. The minimum Gasteiger partial charge on any atom is -0.458 e. The molecule has 3 fully saturated rings. The van der Waals surface area contributed by atoms with E-state index in [1.807, 2.05) is 41.5 Å². The molecule has 3 rings (SSSR count). The van der Waals surface area contributed by atoms with Crippen molar-refractivity contribution in [3.05, 3.63) is 12.7 Å². The molecule has 3 aliphatic heterocycles. The zero-order valence-electron chi connectivity index (χ0n) is 17.6. The molecule has 6 atom stereocenters. The quantitative estimate of drug-likeness (QED) is 0.365. The largest absolute Gasteiger partial charge is 0.458 e. The van der Waals surface area contributed by atoms with E-state index in [1.165, 1.54) is 0 Å². The molecule has 0 N–H and O–H groups in total. The second kappa shape index (κ2) is 7.66. The molecule has 160 valence electrons. The maximum Gasteiger partial charge on any atom is 0.332 e. The SMILES string of the molecule is C=CCOC[C@H]1O[C@@H]2OC3(C(C)(C)C)O[C@@H]2[C@@H](OCC(=O)OC(C)(C)C)[C@@H]1O3. The minimum absolute atomic E-state index is 0.211. The van der Waals surface area contributed by atoms with Crippen LogP contribution in [0.5, 0.6) is 0 Å². The molecule has 3 bridgehead atoms. The fourth-order valence-corrected chi connectivity index (χ4v) is 3.49. The summed E-state index contributed by atoms with van der Waals surface area (Å²) in [6.07, 6.45) is -0.974. The van der Waals surface area contributed by atoms with E-state index in [1.54, 1.807) is 6.08 Å². The Bertz CT molecular complexity index is 592. The van der Waals surface area contributed by atoms with Gasteiger partial charge < -0.3 is 28.4 Å². The van der Waals surface area contributed by atoms with Gasteiger partial charge in [-0.1, -0.05) is 26.8 Å². The summed E-state index contributed by atoms with van der Waals surface area (Å²) in [6, 6.07) is 0. The molecule has 8 heteroatoms. The molecule has 3 saturated heterocycles. The fraction of sp³-hybridized carbons (Fsp3) is 0.850. The van der Waals surface area contributed by atoms with Crippen molar-refractivity contribution in [3.8, 4) is 0 Å². The van der Waals surface area contributed by atoms with Gasteiger partial charge in [0.1, 0.15) is 36.6 Å². The summed E-state index contributed by atoms with van der Waals surface area (Å²) in [6.45, 7) is 15.5. The van der Waals surface area contributed by atoms with Crippen molar-refractivity contribution in [2.75, 3.05) is 19.8 Å². The van der Waals surface area contributed by atoms with E-state index in [2.05, 4.69) is 6.58 Å². The Kier molecular flexibility index (Phi) is 5.93. The van der Waals surface area contributed by atoms with E-state index in [4.69, 9.17) is 33.2 Å². The number of rotatable bonds is 7. The predicted molar refractivity (Wildman–Crippen MR) is 98.3 cm³/mol.